The van der Waals surface area contributed by atoms with Crippen molar-refractivity contribution in [1.29, 1.82) is 0 Å². The van der Waals surface area contributed by atoms with Crippen LogP contribution >= 0.6 is 11.8 Å². The van der Waals surface area contributed by atoms with Crippen LogP contribution in [0.2, 0.25) is 0 Å². The van der Waals surface area contributed by atoms with Gasteiger partial charge in [-0.3, -0.25) is 57.5 Å². The van der Waals surface area contributed by atoms with Gasteiger partial charge in [0.2, 0.25) is 70.9 Å². The summed E-state index contributed by atoms with van der Waals surface area (Å²) < 4.78 is 0. The summed E-state index contributed by atoms with van der Waals surface area (Å²) in [5, 5.41) is 47.9. The lowest BCUT2D eigenvalue weighted by atomic mass is 9.98. The molecule has 0 radical (unpaired) electrons. The number of carbonyl (C=O) groups excluding carboxylic acids is 12. The number of nitrogens with two attached hydrogens (primary N) is 2. The van der Waals surface area contributed by atoms with Gasteiger partial charge in [-0.25, -0.2) is 4.79 Å². The Hall–Kier alpha value is -9.74. The van der Waals surface area contributed by atoms with Crippen molar-refractivity contribution in [2.75, 3.05) is 18.6 Å². The number of benzene rings is 4. The number of thioether (sulfide) groups is 1. The molecular weight excluding hydrogens is 1380 g/mol. The molecule has 0 bridgehead atoms. The number of aliphatic hydroxyl groups excluding tert-OH is 1. The molecular formula is C77H109N13O15S. The van der Waals surface area contributed by atoms with Crippen molar-refractivity contribution in [2.24, 2.45) is 35.1 Å². The van der Waals surface area contributed by atoms with Crippen LogP contribution in [0.3, 0.4) is 0 Å². The van der Waals surface area contributed by atoms with Crippen molar-refractivity contribution >= 4 is 88.6 Å². The number of carbonyl (C=O) groups is 13. The topological polar surface area (TPSA) is 438 Å². The number of rotatable bonds is 43. The van der Waals surface area contributed by atoms with E-state index in [2.05, 4.69) is 53.2 Å². The standard InChI is InChI=1S/C77H109N13O15S/c1-44(2)36-54(66(93)83-58(41-51-28-19-13-20-29-51)71(98)88-64(47(7)8)74(101)86-60(43-63(79)92)70(97)81-55(37-45(3)4)67(94)87-61(77(104)105)38-46(5)6)80-68(95)56(39-49-24-15-11-16-25-49)82-69(96)57(40-50-26-17-12-18-27-50)85-75(102)65(48(9)91)89-72(99)59(42-52-30-21-14-22-31-52)84-73(100)62-32-23-34-90(62)76(103)53(78)33-35-106-10/h11-22,24-31,44-48,53-62,64-65,91H,23,32-43,78H2,1-10H3,(H2,79,92)(H,80,95)(H,81,97)(H,82,96)(H,83,93)(H,84,100)(H,85,102)(H,86,101)(H,87,94)(H,88,98)(H,89,99)(H,104,105)/t48-,53+,54+,55+,56+,57+,58+,59+,60+,61+,62+,64+,65+/m1/s1. The molecule has 0 aliphatic carbocycles. The number of nitrogens with one attached hydrogen (secondary N) is 10. The third-order valence-electron chi connectivity index (χ3n) is 17.8. The van der Waals surface area contributed by atoms with Gasteiger partial charge in [-0.05, 0) is 103 Å². The fraction of sp³-hybridized carbons (Fsp3) is 0.519. The van der Waals surface area contributed by atoms with Gasteiger partial charge in [0.15, 0.2) is 0 Å². The minimum absolute atomic E-state index is 0.0116. The highest BCUT2D eigenvalue weighted by molar-refractivity contribution is 7.98. The first-order valence-electron chi connectivity index (χ1n) is 36.2. The van der Waals surface area contributed by atoms with Gasteiger partial charge in [-0.2, -0.15) is 11.8 Å². The van der Waals surface area contributed by atoms with E-state index >= 15 is 9.59 Å². The van der Waals surface area contributed by atoms with E-state index in [1.807, 2.05) is 6.26 Å². The van der Waals surface area contributed by atoms with Crippen LogP contribution in [-0.2, 0) is 88.0 Å². The predicted molar refractivity (Wildman–Crippen MR) is 402 cm³/mol. The van der Waals surface area contributed by atoms with E-state index in [9.17, 15) is 63.0 Å². The van der Waals surface area contributed by atoms with Crippen LogP contribution in [0.5, 0.6) is 0 Å². The van der Waals surface area contributed by atoms with Gasteiger partial charge < -0.3 is 79.7 Å². The monoisotopic (exact) mass is 1490 g/mol. The number of carboxylic acids is 1. The summed E-state index contributed by atoms with van der Waals surface area (Å²) in [4.78, 5) is 185. The zero-order valence-electron chi connectivity index (χ0n) is 62.3. The van der Waals surface area contributed by atoms with Gasteiger partial charge >= 0.3 is 5.97 Å². The Morgan fingerprint density at radius 1 is 0.443 bits per heavy atom. The van der Waals surface area contributed by atoms with E-state index in [0.717, 1.165) is 0 Å². The van der Waals surface area contributed by atoms with Gasteiger partial charge in [-0.15, -0.1) is 0 Å². The summed E-state index contributed by atoms with van der Waals surface area (Å²) in [6.07, 6.45) is 0.334. The maximum absolute atomic E-state index is 15.1. The fourth-order valence-electron chi connectivity index (χ4n) is 12.2. The zero-order chi connectivity index (χ0) is 78.3. The van der Waals surface area contributed by atoms with Crippen LogP contribution in [0.4, 0.5) is 0 Å². The highest BCUT2D eigenvalue weighted by Gasteiger charge is 2.41. The second-order valence-corrected chi connectivity index (χ2v) is 29.7. The average Bonchev–Trinajstić information content (AvgIpc) is 1.64. The van der Waals surface area contributed by atoms with Gasteiger partial charge in [0.05, 0.1) is 18.6 Å². The number of amides is 12. The van der Waals surface area contributed by atoms with Gasteiger partial charge in [0.25, 0.3) is 0 Å². The molecule has 0 aromatic heterocycles. The molecule has 0 saturated carbocycles. The van der Waals surface area contributed by atoms with Crippen molar-refractivity contribution in [3.8, 4) is 0 Å². The Kier molecular flexibility index (Phi) is 35.8. The van der Waals surface area contributed by atoms with E-state index < -0.39 is 168 Å². The van der Waals surface area contributed by atoms with Crippen molar-refractivity contribution < 1.29 is 72.5 Å². The number of likely N-dealkylation sites (tertiary alicyclic amines) is 1. The van der Waals surface area contributed by atoms with E-state index in [0.29, 0.717) is 47.3 Å². The molecule has 13 atom stereocenters. The normalized spacial score (nSPS) is 16.2. The average molecular weight is 1490 g/mol. The second kappa shape index (κ2) is 43.6. The van der Waals surface area contributed by atoms with E-state index in [-0.39, 0.29) is 69.2 Å². The molecule has 1 saturated heterocycles. The quantitative estimate of drug-likeness (QED) is 0.0301. The molecule has 578 valence electrons. The summed E-state index contributed by atoms with van der Waals surface area (Å²) >= 11 is 1.53. The number of primary amides is 1. The van der Waals surface area contributed by atoms with E-state index in [1.54, 1.807) is 177 Å². The lowest BCUT2D eigenvalue weighted by Gasteiger charge is -2.30. The Bertz CT molecular complexity index is 3570. The third kappa shape index (κ3) is 29.0. The highest BCUT2D eigenvalue weighted by Crippen LogP contribution is 2.21. The van der Waals surface area contributed by atoms with Crippen LogP contribution in [0, 0.1) is 23.7 Å². The molecule has 12 amide bonds. The summed E-state index contributed by atoms with van der Waals surface area (Å²) in [6, 6.07) is 18.1. The van der Waals surface area contributed by atoms with Crippen molar-refractivity contribution in [3.05, 3.63) is 144 Å². The van der Waals surface area contributed by atoms with Crippen molar-refractivity contribution in [3.63, 3.8) is 0 Å². The fourth-order valence-corrected chi connectivity index (χ4v) is 12.7. The number of carboxylic acid groups (broad SMARTS) is 1. The smallest absolute Gasteiger partial charge is 0.326 e. The van der Waals surface area contributed by atoms with Gasteiger partial charge in [0.1, 0.15) is 66.5 Å². The Morgan fingerprint density at radius 3 is 1.13 bits per heavy atom. The molecule has 16 N–H and O–H groups in total. The lowest BCUT2D eigenvalue weighted by Crippen LogP contribution is -2.62. The number of hydrogen-bond donors (Lipinski definition) is 14. The lowest BCUT2D eigenvalue weighted by molar-refractivity contribution is -0.143. The van der Waals surface area contributed by atoms with E-state index in [4.69, 9.17) is 11.5 Å². The Labute approximate surface area is 625 Å². The number of hydrogen-bond acceptors (Lipinski definition) is 16. The zero-order valence-corrected chi connectivity index (χ0v) is 63.1. The summed E-state index contributed by atoms with van der Waals surface area (Å²) in [5.74, 6) is -12.1. The van der Waals surface area contributed by atoms with Crippen LogP contribution in [0.15, 0.2) is 121 Å². The molecule has 1 fully saturated rings. The summed E-state index contributed by atoms with van der Waals surface area (Å²) in [5.41, 5.74) is 14.2. The van der Waals surface area contributed by atoms with Crippen LogP contribution in [0.25, 0.3) is 0 Å². The summed E-state index contributed by atoms with van der Waals surface area (Å²) in [6.45, 7) is 15.4. The second-order valence-electron chi connectivity index (χ2n) is 28.7. The molecule has 0 unspecified atom stereocenters. The highest BCUT2D eigenvalue weighted by atomic mass is 32.2. The number of nitrogens with zero attached hydrogens (tertiary/aromatic N) is 1. The van der Waals surface area contributed by atoms with Gasteiger partial charge in [0, 0.05) is 32.2 Å². The maximum atomic E-state index is 15.1. The molecule has 28 nitrogen and oxygen atoms in total. The first-order valence-corrected chi connectivity index (χ1v) is 37.6. The van der Waals surface area contributed by atoms with Gasteiger partial charge in [-0.1, -0.05) is 177 Å². The molecule has 106 heavy (non-hydrogen) atoms. The molecule has 1 aliphatic heterocycles. The predicted octanol–water partition coefficient (Wildman–Crippen LogP) is 2.01. The van der Waals surface area contributed by atoms with Crippen LogP contribution in [-0.4, -0.2) is 189 Å². The molecule has 0 spiro atoms. The molecule has 1 heterocycles. The SMILES string of the molecule is CSCC[C@H](N)C(=O)N1CCC[C@H]1C(=O)N[C@@H](Cc1ccccc1)C(=O)N[C@H](C(=O)N[C@@H](Cc1ccccc1)C(=O)N[C@@H](Cc1ccccc1)C(=O)N[C@@H](CC(C)C)C(=O)N[C@@H](Cc1ccccc1)C(=O)N[C@H](C(=O)N[C@@H](CC(N)=O)C(=O)N[C@@H](CC(C)C)C(=O)N[C@@H](CC(C)C)C(=O)O)C(C)C)[C@@H](C)O. The molecule has 4 aromatic rings. The maximum Gasteiger partial charge on any atom is 0.326 e. The molecule has 4 aromatic carbocycles. The van der Waals surface area contributed by atoms with Crippen molar-refractivity contribution in [2.45, 2.75) is 212 Å². The van der Waals surface area contributed by atoms with E-state index in [1.165, 1.54) is 23.6 Å². The molecule has 1 aliphatic rings. The van der Waals surface area contributed by atoms with Crippen LogP contribution in [0.1, 0.15) is 130 Å². The summed E-state index contributed by atoms with van der Waals surface area (Å²) in [7, 11) is 0. The minimum Gasteiger partial charge on any atom is -0.480 e. The molecule has 5 rings (SSSR count). The number of aliphatic hydroxyl groups is 1. The number of aliphatic carboxylic acids is 1. The first kappa shape index (κ1) is 86.9. The molecule has 29 heteroatoms. The Balaban J connectivity index is 1.42. The third-order valence-corrected chi connectivity index (χ3v) is 18.4. The van der Waals surface area contributed by atoms with Crippen LogP contribution < -0.4 is 64.6 Å². The largest absolute Gasteiger partial charge is 0.480 e. The first-order chi connectivity index (χ1) is 50.2. The Morgan fingerprint density at radius 2 is 0.764 bits per heavy atom. The minimum atomic E-state index is -1.74. The van der Waals surface area contributed by atoms with Crippen molar-refractivity contribution in [1.82, 2.24) is 58.1 Å².